The van der Waals surface area contributed by atoms with Gasteiger partial charge >= 0.3 is 0 Å². The normalized spacial score (nSPS) is 26.1. The molecule has 1 aliphatic rings. The standard InChI is InChI=1S/C18H38N2/c1-14(2)8-11-20(12-9-15(3)4)13-16-7-10-18(5,6)17(16)19/h14-17H,7-13,19H2,1-6H3. The number of rotatable bonds is 8. The molecule has 1 rings (SSSR count). The third-order valence-corrected chi connectivity index (χ3v) is 5.11. The highest BCUT2D eigenvalue weighted by atomic mass is 15.1. The molecular formula is C18H38N2. The summed E-state index contributed by atoms with van der Waals surface area (Å²) < 4.78 is 0. The molecule has 0 aromatic rings. The second-order valence-corrected chi connectivity index (χ2v) is 8.48. The van der Waals surface area contributed by atoms with Crippen LogP contribution in [0.1, 0.15) is 67.2 Å². The predicted octanol–water partition coefficient (Wildman–Crippen LogP) is 4.14. The van der Waals surface area contributed by atoms with E-state index in [2.05, 4.69) is 46.4 Å². The zero-order valence-electron chi connectivity index (χ0n) is 14.8. The molecular weight excluding hydrogens is 244 g/mol. The quantitative estimate of drug-likeness (QED) is 0.725. The van der Waals surface area contributed by atoms with Gasteiger partial charge in [-0.15, -0.1) is 0 Å². The Balaban J connectivity index is 2.50. The van der Waals surface area contributed by atoms with Gasteiger partial charge in [0, 0.05) is 12.6 Å². The average molecular weight is 283 g/mol. The minimum Gasteiger partial charge on any atom is -0.327 e. The fourth-order valence-electron chi connectivity index (χ4n) is 3.25. The Kier molecular flexibility index (Phi) is 7.00. The third-order valence-electron chi connectivity index (χ3n) is 5.11. The van der Waals surface area contributed by atoms with E-state index < -0.39 is 0 Å². The fourth-order valence-corrected chi connectivity index (χ4v) is 3.25. The van der Waals surface area contributed by atoms with E-state index >= 15 is 0 Å². The van der Waals surface area contributed by atoms with Crippen LogP contribution in [0.4, 0.5) is 0 Å². The van der Waals surface area contributed by atoms with E-state index in [0.717, 1.165) is 11.8 Å². The van der Waals surface area contributed by atoms with Crippen molar-refractivity contribution in [3.8, 4) is 0 Å². The highest BCUT2D eigenvalue weighted by molar-refractivity contribution is 4.95. The molecule has 1 aliphatic carbocycles. The average Bonchev–Trinajstić information content (AvgIpc) is 2.59. The lowest BCUT2D eigenvalue weighted by Crippen LogP contribution is -2.43. The molecule has 1 saturated carbocycles. The van der Waals surface area contributed by atoms with Crippen LogP contribution in [0.5, 0.6) is 0 Å². The zero-order chi connectivity index (χ0) is 15.3. The first-order valence-corrected chi connectivity index (χ1v) is 8.70. The summed E-state index contributed by atoms with van der Waals surface area (Å²) in [5.74, 6) is 2.29. The third kappa shape index (κ3) is 5.73. The number of nitrogens with two attached hydrogens (primary N) is 1. The van der Waals surface area contributed by atoms with Crippen LogP contribution in [0.3, 0.4) is 0 Å². The minimum atomic E-state index is 0.340. The molecule has 0 aromatic heterocycles. The number of hydrogen-bond donors (Lipinski definition) is 1. The number of nitrogens with zero attached hydrogens (tertiary/aromatic N) is 1. The van der Waals surface area contributed by atoms with Crippen molar-refractivity contribution in [2.24, 2.45) is 28.9 Å². The Morgan fingerprint density at radius 1 is 1.05 bits per heavy atom. The van der Waals surface area contributed by atoms with Gasteiger partial charge in [-0.25, -0.2) is 0 Å². The van der Waals surface area contributed by atoms with E-state index in [1.807, 2.05) is 0 Å². The van der Waals surface area contributed by atoms with Crippen molar-refractivity contribution in [3.63, 3.8) is 0 Å². The summed E-state index contributed by atoms with van der Waals surface area (Å²) in [4.78, 5) is 2.69. The first-order chi connectivity index (χ1) is 9.22. The van der Waals surface area contributed by atoms with Crippen molar-refractivity contribution < 1.29 is 0 Å². The summed E-state index contributed by atoms with van der Waals surface area (Å²) >= 11 is 0. The lowest BCUT2D eigenvalue weighted by molar-refractivity contribution is 0.188. The predicted molar refractivity (Wildman–Crippen MR) is 89.8 cm³/mol. The fraction of sp³-hybridized carbons (Fsp3) is 1.00. The Bertz CT molecular complexity index is 259. The zero-order valence-corrected chi connectivity index (χ0v) is 14.8. The van der Waals surface area contributed by atoms with Gasteiger partial charge < -0.3 is 10.6 Å². The van der Waals surface area contributed by atoms with E-state index in [9.17, 15) is 0 Å². The summed E-state index contributed by atoms with van der Waals surface area (Å²) in [6, 6.07) is 0.378. The maximum absolute atomic E-state index is 6.49. The second kappa shape index (κ2) is 7.79. The maximum atomic E-state index is 6.49. The van der Waals surface area contributed by atoms with Gasteiger partial charge in [0.1, 0.15) is 0 Å². The molecule has 0 radical (unpaired) electrons. The molecule has 0 bridgehead atoms. The molecule has 0 aliphatic heterocycles. The van der Waals surface area contributed by atoms with Crippen LogP contribution in [0.15, 0.2) is 0 Å². The lowest BCUT2D eigenvalue weighted by atomic mass is 9.85. The molecule has 2 atom stereocenters. The summed E-state index contributed by atoms with van der Waals surface area (Å²) in [7, 11) is 0. The van der Waals surface area contributed by atoms with Gasteiger partial charge in [-0.2, -0.15) is 0 Å². The second-order valence-electron chi connectivity index (χ2n) is 8.48. The molecule has 120 valence electrons. The van der Waals surface area contributed by atoms with Gasteiger partial charge in [0.25, 0.3) is 0 Å². The molecule has 2 heteroatoms. The van der Waals surface area contributed by atoms with Crippen LogP contribution in [0, 0.1) is 23.2 Å². The van der Waals surface area contributed by atoms with Crippen molar-refractivity contribution in [1.29, 1.82) is 0 Å². The largest absolute Gasteiger partial charge is 0.327 e. The molecule has 0 spiro atoms. The number of hydrogen-bond acceptors (Lipinski definition) is 2. The molecule has 0 amide bonds. The van der Waals surface area contributed by atoms with Gasteiger partial charge in [0.15, 0.2) is 0 Å². The van der Waals surface area contributed by atoms with E-state index in [4.69, 9.17) is 5.73 Å². The topological polar surface area (TPSA) is 29.3 Å². The van der Waals surface area contributed by atoms with E-state index in [-0.39, 0.29) is 0 Å². The monoisotopic (exact) mass is 282 g/mol. The Labute approximate surface area is 127 Å². The van der Waals surface area contributed by atoms with Crippen molar-refractivity contribution >= 4 is 0 Å². The molecule has 20 heavy (non-hydrogen) atoms. The van der Waals surface area contributed by atoms with E-state index in [1.54, 1.807) is 0 Å². The van der Waals surface area contributed by atoms with Gasteiger partial charge in [-0.1, -0.05) is 41.5 Å². The van der Waals surface area contributed by atoms with Crippen LogP contribution in [-0.2, 0) is 0 Å². The van der Waals surface area contributed by atoms with Gasteiger partial charge in [0.05, 0.1) is 0 Å². The highest BCUT2D eigenvalue weighted by Crippen LogP contribution is 2.40. The molecule has 2 nitrogen and oxygen atoms in total. The lowest BCUT2D eigenvalue weighted by Gasteiger charge is -2.32. The Morgan fingerprint density at radius 3 is 1.90 bits per heavy atom. The van der Waals surface area contributed by atoms with Crippen molar-refractivity contribution in [2.45, 2.75) is 73.3 Å². The Morgan fingerprint density at radius 2 is 1.55 bits per heavy atom. The van der Waals surface area contributed by atoms with Crippen LogP contribution < -0.4 is 5.73 Å². The summed E-state index contributed by atoms with van der Waals surface area (Å²) in [5, 5.41) is 0. The van der Waals surface area contributed by atoms with Gasteiger partial charge in [-0.3, -0.25) is 0 Å². The smallest absolute Gasteiger partial charge is 0.0131 e. The molecule has 0 saturated heterocycles. The molecule has 2 unspecified atom stereocenters. The highest BCUT2D eigenvalue weighted by Gasteiger charge is 2.39. The molecule has 2 N–H and O–H groups in total. The van der Waals surface area contributed by atoms with E-state index in [1.165, 1.54) is 45.3 Å². The van der Waals surface area contributed by atoms with Crippen molar-refractivity contribution in [2.75, 3.05) is 19.6 Å². The van der Waals surface area contributed by atoms with E-state index in [0.29, 0.717) is 17.4 Å². The SMILES string of the molecule is CC(C)CCN(CCC(C)C)CC1CCC(C)(C)C1N. The molecule has 1 fully saturated rings. The van der Waals surface area contributed by atoms with Gasteiger partial charge in [-0.05, 0) is 61.9 Å². The van der Waals surface area contributed by atoms with Crippen LogP contribution in [0.25, 0.3) is 0 Å². The van der Waals surface area contributed by atoms with Crippen LogP contribution in [-0.4, -0.2) is 30.6 Å². The Hall–Kier alpha value is -0.0800. The summed E-state index contributed by atoms with van der Waals surface area (Å²) in [5.41, 5.74) is 6.83. The summed E-state index contributed by atoms with van der Waals surface area (Å²) in [6.07, 6.45) is 5.22. The molecule has 0 heterocycles. The summed E-state index contributed by atoms with van der Waals surface area (Å²) in [6.45, 7) is 17.7. The van der Waals surface area contributed by atoms with Crippen molar-refractivity contribution in [3.05, 3.63) is 0 Å². The van der Waals surface area contributed by atoms with Crippen molar-refractivity contribution in [1.82, 2.24) is 4.90 Å². The van der Waals surface area contributed by atoms with Crippen LogP contribution >= 0.6 is 0 Å². The first kappa shape index (κ1) is 18.0. The first-order valence-electron chi connectivity index (χ1n) is 8.70. The van der Waals surface area contributed by atoms with Crippen LogP contribution in [0.2, 0.25) is 0 Å². The van der Waals surface area contributed by atoms with Gasteiger partial charge in [0.2, 0.25) is 0 Å². The molecule has 0 aromatic carbocycles. The minimum absolute atomic E-state index is 0.340. The maximum Gasteiger partial charge on any atom is 0.0131 e.